The Balaban J connectivity index is 2.73. The molecule has 0 saturated heterocycles. The fourth-order valence-electron chi connectivity index (χ4n) is 1.85. The third-order valence-corrected chi connectivity index (χ3v) is 2.93. The second kappa shape index (κ2) is 5.89. The largest absolute Gasteiger partial charge is 0.329 e. The topological polar surface area (TPSA) is 29.3 Å². The van der Waals surface area contributed by atoms with Crippen molar-refractivity contribution in [3.05, 3.63) is 35.4 Å². The summed E-state index contributed by atoms with van der Waals surface area (Å²) in [5.74, 6) is 0. The Morgan fingerprint density at radius 2 is 1.87 bits per heavy atom. The predicted octanol–water partition coefficient (Wildman–Crippen LogP) is 2.34. The Hall–Kier alpha value is -0.860. The second-order valence-electron chi connectivity index (χ2n) is 4.00. The van der Waals surface area contributed by atoms with Gasteiger partial charge < -0.3 is 5.73 Å². The summed E-state index contributed by atoms with van der Waals surface area (Å²) in [7, 11) is 0. The zero-order valence-corrected chi connectivity index (χ0v) is 10.0. The van der Waals surface area contributed by atoms with Gasteiger partial charge in [0, 0.05) is 19.1 Å². The van der Waals surface area contributed by atoms with Crippen LogP contribution in [0.25, 0.3) is 0 Å². The first-order valence-electron chi connectivity index (χ1n) is 5.69. The van der Waals surface area contributed by atoms with Crippen LogP contribution in [0.5, 0.6) is 0 Å². The molecule has 0 heterocycles. The molecular formula is C13H22N2. The molecule has 1 aromatic carbocycles. The van der Waals surface area contributed by atoms with Gasteiger partial charge >= 0.3 is 0 Å². The SMILES string of the molecule is CCN(CCN)[C@@H](C)c1ccc(C)cc1. The number of aryl methyl sites for hydroxylation is 1. The maximum absolute atomic E-state index is 5.60. The Morgan fingerprint density at radius 3 is 2.33 bits per heavy atom. The quantitative estimate of drug-likeness (QED) is 0.801. The average Bonchev–Trinajstić information content (AvgIpc) is 2.26. The molecule has 0 bridgehead atoms. The lowest BCUT2D eigenvalue weighted by Crippen LogP contribution is -2.31. The second-order valence-corrected chi connectivity index (χ2v) is 4.00. The molecule has 0 spiro atoms. The number of nitrogens with zero attached hydrogens (tertiary/aromatic N) is 1. The van der Waals surface area contributed by atoms with E-state index in [1.807, 2.05) is 0 Å². The first-order valence-corrected chi connectivity index (χ1v) is 5.69. The molecule has 1 atom stereocenters. The van der Waals surface area contributed by atoms with Gasteiger partial charge in [-0.05, 0) is 26.0 Å². The van der Waals surface area contributed by atoms with E-state index in [2.05, 4.69) is 49.9 Å². The minimum absolute atomic E-state index is 0.458. The average molecular weight is 206 g/mol. The van der Waals surface area contributed by atoms with E-state index in [1.165, 1.54) is 11.1 Å². The zero-order valence-electron chi connectivity index (χ0n) is 10.0. The molecule has 0 aliphatic heterocycles. The minimum atomic E-state index is 0.458. The van der Waals surface area contributed by atoms with Crippen LogP contribution in [0.2, 0.25) is 0 Å². The highest BCUT2D eigenvalue weighted by Crippen LogP contribution is 2.19. The molecule has 1 rings (SSSR count). The van der Waals surface area contributed by atoms with Gasteiger partial charge in [0.1, 0.15) is 0 Å². The van der Waals surface area contributed by atoms with E-state index in [0.29, 0.717) is 6.04 Å². The summed E-state index contributed by atoms with van der Waals surface area (Å²) in [6.45, 7) is 9.28. The highest BCUT2D eigenvalue weighted by molar-refractivity contribution is 5.23. The highest BCUT2D eigenvalue weighted by Gasteiger charge is 2.12. The van der Waals surface area contributed by atoms with Crippen LogP contribution < -0.4 is 5.73 Å². The van der Waals surface area contributed by atoms with Crippen LogP contribution >= 0.6 is 0 Å². The zero-order chi connectivity index (χ0) is 11.3. The molecule has 0 saturated carbocycles. The summed E-state index contributed by atoms with van der Waals surface area (Å²) in [5.41, 5.74) is 8.29. The Labute approximate surface area is 93.1 Å². The lowest BCUT2D eigenvalue weighted by atomic mass is 10.1. The summed E-state index contributed by atoms with van der Waals surface area (Å²) in [6.07, 6.45) is 0. The van der Waals surface area contributed by atoms with Crippen molar-refractivity contribution in [2.75, 3.05) is 19.6 Å². The summed E-state index contributed by atoms with van der Waals surface area (Å²) in [6, 6.07) is 9.21. The van der Waals surface area contributed by atoms with Crippen LogP contribution in [0.4, 0.5) is 0 Å². The highest BCUT2D eigenvalue weighted by atomic mass is 15.1. The van der Waals surface area contributed by atoms with Gasteiger partial charge in [-0.25, -0.2) is 0 Å². The number of rotatable bonds is 5. The summed E-state index contributed by atoms with van der Waals surface area (Å²) >= 11 is 0. The van der Waals surface area contributed by atoms with E-state index >= 15 is 0 Å². The molecule has 0 radical (unpaired) electrons. The van der Waals surface area contributed by atoms with Gasteiger partial charge in [-0.1, -0.05) is 36.8 Å². The number of nitrogens with two attached hydrogens (primary N) is 1. The molecule has 0 aliphatic carbocycles. The molecule has 84 valence electrons. The third-order valence-electron chi connectivity index (χ3n) is 2.93. The van der Waals surface area contributed by atoms with Gasteiger partial charge in [0.25, 0.3) is 0 Å². The van der Waals surface area contributed by atoms with Crippen LogP contribution in [0.15, 0.2) is 24.3 Å². The van der Waals surface area contributed by atoms with Crippen molar-refractivity contribution in [2.45, 2.75) is 26.8 Å². The van der Waals surface area contributed by atoms with E-state index in [4.69, 9.17) is 5.73 Å². The molecule has 2 heteroatoms. The smallest absolute Gasteiger partial charge is 0.0320 e. The molecular weight excluding hydrogens is 184 g/mol. The van der Waals surface area contributed by atoms with Crippen molar-refractivity contribution in [2.24, 2.45) is 5.73 Å². The van der Waals surface area contributed by atoms with Crippen LogP contribution in [-0.2, 0) is 0 Å². The van der Waals surface area contributed by atoms with Crippen molar-refractivity contribution in [1.29, 1.82) is 0 Å². The molecule has 2 nitrogen and oxygen atoms in total. The van der Waals surface area contributed by atoms with Crippen molar-refractivity contribution in [3.63, 3.8) is 0 Å². The molecule has 15 heavy (non-hydrogen) atoms. The maximum Gasteiger partial charge on any atom is 0.0320 e. The lowest BCUT2D eigenvalue weighted by molar-refractivity contribution is 0.228. The van der Waals surface area contributed by atoms with Gasteiger partial charge in [0.15, 0.2) is 0 Å². The van der Waals surface area contributed by atoms with Crippen LogP contribution in [-0.4, -0.2) is 24.5 Å². The van der Waals surface area contributed by atoms with Gasteiger partial charge in [-0.3, -0.25) is 4.90 Å². The molecule has 0 fully saturated rings. The van der Waals surface area contributed by atoms with Crippen LogP contribution in [0.3, 0.4) is 0 Å². The van der Waals surface area contributed by atoms with Gasteiger partial charge in [0.05, 0.1) is 0 Å². The molecule has 0 unspecified atom stereocenters. The fraction of sp³-hybridized carbons (Fsp3) is 0.538. The summed E-state index contributed by atoms with van der Waals surface area (Å²) < 4.78 is 0. The maximum atomic E-state index is 5.60. The molecule has 0 aliphatic rings. The molecule has 0 amide bonds. The normalized spacial score (nSPS) is 13.1. The van der Waals surface area contributed by atoms with Crippen molar-refractivity contribution in [1.82, 2.24) is 4.90 Å². The fourth-order valence-corrected chi connectivity index (χ4v) is 1.85. The Morgan fingerprint density at radius 1 is 1.27 bits per heavy atom. The summed E-state index contributed by atoms with van der Waals surface area (Å²) in [5, 5.41) is 0. The van der Waals surface area contributed by atoms with Crippen molar-refractivity contribution in [3.8, 4) is 0 Å². The first kappa shape index (κ1) is 12.2. The van der Waals surface area contributed by atoms with Crippen molar-refractivity contribution < 1.29 is 0 Å². The number of benzene rings is 1. The van der Waals surface area contributed by atoms with Gasteiger partial charge in [-0.2, -0.15) is 0 Å². The standard InChI is InChI=1S/C13H22N2/c1-4-15(10-9-14)12(3)13-7-5-11(2)6-8-13/h5-8,12H,4,9-10,14H2,1-3H3/t12-/m0/s1. The first-order chi connectivity index (χ1) is 7.19. The number of likely N-dealkylation sites (N-methyl/N-ethyl adjacent to an activating group) is 1. The lowest BCUT2D eigenvalue weighted by Gasteiger charge is -2.27. The monoisotopic (exact) mass is 206 g/mol. The molecule has 2 N–H and O–H groups in total. The van der Waals surface area contributed by atoms with Crippen LogP contribution in [0.1, 0.15) is 31.0 Å². The molecule has 0 aromatic heterocycles. The predicted molar refractivity (Wildman–Crippen MR) is 65.9 cm³/mol. The third kappa shape index (κ3) is 3.33. The summed E-state index contributed by atoms with van der Waals surface area (Å²) in [4.78, 5) is 2.39. The van der Waals surface area contributed by atoms with E-state index in [0.717, 1.165) is 19.6 Å². The minimum Gasteiger partial charge on any atom is -0.329 e. The van der Waals surface area contributed by atoms with E-state index in [-0.39, 0.29) is 0 Å². The van der Waals surface area contributed by atoms with E-state index in [9.17, 15) is 0 Å². The van der Waals surface area contributed by atoms with E-state index in [1.54, 1.807) is 0 Å². The van der Waals surface area contributed by atoms with Crippen molar-refractivity contribution >= 4 is 0 Å². The number of hydrogen-bond acceptors (Lipinski definition) is 2. The number of hydrogen-bond donors (Lipinski definition) is 1. The van der Waals surface area contributed by atoms with Crippen LogP contribution in [0, 0.1) is 6.92 Å². The van der Waals surface area contributed by atoms with Gasteiger partial charge in [0.2, 0.25) is 0 Å². The molecule has 1 aromatic rings. The Bertz CT molecular complexity index is 279. The Kier molecular flexibility index (Phi) is 4.79. The van der Waals surface area contributed by atoms with E-state index < -0.39 is 0 Å². The van der Waals surface area contributed by atoms with Gasteiger partial charge in [-0.15, -0.1) is 0 Å².